The molecule has 0 aliphatic carbocycles. The average Bonchev–Trinajstić information content (AvgIpc) is 2.90. The lowest BCUT2D eigenvalue weighted by molar-refractivity contribution is -0.132. The van der Waals surface area contributed by atoms with E-state index in [1.807, 2.05) is 30.5 Å². The lowest BCUT2D eigenvalue weighted by Crippen LogP contribution is -2.57. The summed E-state index contributed by atoms with van der Waals surface area (Å²) < 4.78 is 0. The summed E-state index contributed by atoms with van der Waals surface area (Å²) in [6.07, 6.45) is 2.63. The van der Waals surface area contributed by atoms with Gasteiger partial charge < -0.3 is 4.98 Å². The van der Waals surface area contributed by atoms with E-state index in [4.69, 9.17) is 0 Å². The van der Waals surface area contributed by atoms with Crippen LogP contribution in [0.4, 0.5) is 4.79 Å². The standard InChI is InChI=1S/C16H16N4O3/c1-9(13-14(21)19-16(23)20-15(13)22)17-7-6-10-8-18-12-5-3-2-4-11(10)12/h2-5,8,13,18H,6-7H2,1H3,(H2,19,20,21,22,23). The summed E-state index contributed by atoms with van der Waals surface area (Å²) in [5, 5.41) is 5.28. The molecule has 7 nitrogen and oxygen atoms in total. The first-order chi connectivity index (χ1) is 11.1. The molecule has 4 amide bonds. The van der Waals surface area contributed by atoms with E-state index in [0.29, 0.717) is 18.7 Å². The number of para-hydroxylation sites is 1. The molecule has 2 aromatic rings. The number of carbonyl (C=O) groups is 3. The Kier molecular flexibility index (Phi) is 3.92. The Bertz CT molecular complexity index is 802. The molecule has 0 spiro atoms. The molecule has 7 heteroatoms. The second kappa shape index (κ2) is 6.04. The number of urea groups is 1. The molecule has 0 unspecified atom stereocenters. The molecule has 1 aliphatic rings. The molecule has 0 saturated carbocycles. The maximum Gasteiger partial charge on any atom is 0.328 e. The summed E-state index contributed by atoms with van der Waals surface area (Å²) in [7, 11) is 0. The van der Waals surface area contributed by atoms with Crippen molar-refractivity contribution in [3.63, 3.8) is 0 Å². The highest BCUT2D eigenvalue weighted by Gasteiger charge is 2.36. The first-order valence-corrected chi connectivity index (χ1v) is 7.28. The lowest BCUT2D eigenvalue weighted by Gasteiger charge is -2.20. The Morgan fingerprint density at radius 1 is 1.13 bits per heavy atom. The molecule has 0 atom stereocenters. The summed E-state index contributed by atoms with van der Waals surface area (Å²) >= 11 is 0. The fraction of sp³-hybridized carbons (Fsp3) is 0.250. The van der Waals surface area contributed by atoms with E-state index in [2.05, 4.69) is 20.6 Å². The monoisotopic (exact) mass is 312 g/mol. The van der Waals surface area contributed by atoms with Crippen molar-refractivity contribution in [2.24, 2.45) is 10.9 Å². The Balaban J connectivity index is 1.69. The van der Waals surface area contributed by atoms with Gasteiger partial charge in [-0.1, -0.05) is 18.2 Å². The van der Waals surface area contributed by atoms with Crippen molar-refractivity contribution in [2.75, 3.05) is 6.54 Å². The van der Waals surface area contributed by atoms with Crippen molar-refractivity contribution in [1.29, 1.82) is 0 Å². The number of nitrogens with one attached hydrogen (secondary N) is 3. The van der Waals surface area contributed by atoms with Gasteiger partial charge in [-0.05, 0) is 25.0 Å². The minimum atomic E-state index is -1.05. The van der Waals surface area contributed by atoms with Crippen LogP contribution in [0.3, 0.4) is 0 Å². The number of hydrogen-bond donors (Lipinski definition) is 3. The third-order valence-electron chi connectivity index (χ3n) is 3.83. The quantitative estimate of drug-likeness (QED) is 0.583. The zero-order valence-corrected chi connectivity index (χ0v) is 12.6. The number of rotatable bonds is 4. The highest BCUT2D eigenvalue weighted by atomic mass is 16.2. The van der Waals surface area contributed by atoms with E-state index in [1.54, 1.807) is 6.92 Å². The summed E-state index contributed by atoms with van der Waals surface area (Å²) in [5.41, 5.74) is 2.59. The van der Waals surface area contributed by atoms with Crippen molar-refractivity contribution in [1.82, 2.24) is 15.6 Å². The van der Waals surface area contributed by atoms with Gasteiger partial charge in [-0.25, -0.2) is 4.79 Å². The zero-order chi connectivity index (χ0) is 16.4. The maximum absolute atomic E-state index is 11.7. The summed E-state index contributed by atoms with van der Waals surface area (Å²) in [5.74, 6) is -2.31. The number of aromatic amines is 1. The number of barbiturate groups is 1. The second-order valence-electron chi connectivity index (χ2n) is 5.37. The van der Waals surface area contributed by atoms with Crippen LogP contribution in [0.15, 0.2) is 35.5 Å². The molecule has 0 radical (unpaired) electrons. The number of fused-ring (bicyclic) bond motifs is 1. The van der Waals surface area contributed by atoms with E-state index in [0.717, 1.165) is 16.5 Å². The van der Waals surface area contributed by atoms with Crippen LogP contribution in [-0.2, 0) is 16.0 Å². The number of carbonyl (C=O) groups excluding carboxylic acids is 3. The molecular formula is C16H16N4O3. The summed E-state index contributed by atoms with van der Waals surface area (Å²) in [6, 6.07) is 7.18. The van der Waals surface area contributed by atoms with Crippen LogP contribution in [0, 0.1) is 5.92 Å². The predicted octanol–water partition coefficient (Wildman–Crippen LogP) is 1.15. The molecule has 1 aliphatic heterocycles. The molecule has 23 heavy (non-hydrogen) atoms. The van der Waals surface area contributed by atoms with Gasteiger partial charge in [0.25, 0.3) is 0 Å². The van der Waals surface area contributed by atoms with Crippen molar-refractivity contribution >= 4 is 34.5 Å². The molecule has 3 N–H and O–H groups in total. The number of hydrogen-bond acceptors (Lipinski definition) is 4. The topological polar surface area (TPSA) is 103 Å². The third-order valence-corrected chi connectivity index (χ3v) is 3.83. The van der Waals surface area contributed by atoms with Crippen LogP contribution in [0.1, 0.15) is 12.5 Å². The number of amides is 4. The van der Waals surface area contributed by atoms with E-state index in [1.165, 1.54) is 0 Å². The first kappa shape index (κ1) is 15.0. The number of H-pyrrole nitrogens is 1. The largest absolute Gasteiger partial charge is 0.361 e. The normalized spacial score (nSPS) is 16.6. The van der Waals surface area contributed by atoms with Gasteiger partial charge in [0.15, 0.2) is 5.92 Å². The lowest BCUT2D eigenvalue weighted by atomic mass is 10.0. The zero-order valence-electron chi connectivity index (χ0n) is 12.6. The van der Waals surface area contributed by atoms with Gasteiger partial charge in [-0.3, -0.25) is 25.2 Å². The fourth-order valence-corrected chi connectivity index (χ4v) is 2.68. The van der Waals surface area contributed by atoms with E-state index in [-0.39, 0.29) is 0 Å². The number of nitrogens with zero attached hydrogens (tertiary/aromatic N) is 1. The van der Waals surface area contributed by atoms with E-state index >= 15 is 0 Å². The number of aromatic nitrogens is 1. The van der Waals surface area contributed by atoms with Gasteiger partial charge in [0.2, 0.25) is 11.8 Å². The second-order valence-corrected chi connectivity index (χ2v) is 5.37. The highest BCUT2D eigenvalue weighted by molar-refractivity contribution is 6.27. The van der Waals surface area contributed by atoms with E-state index in [9.17, 15) is 14.4 Å². The molecular weight excluding hydrogens is 296 g/mol. The summed E-state index contributed by atoms with van der Waals surface area (Å²) in [4.78, 5) is 42.0. The van der Waals surface area contributed by atoms with E-state index < -0.39 is 23.8 Å². The number of imide groups is 2. The van der Waals surface area contributed by atoms with Crippen LogP contribution in [0.25, 0.3) is 10.9 Å². The smallest absolute Gasteiger partial charge is 0.328 e. The molecule has 2 heterocycles. The van der Waals surface area contributed by atoms with Crippen LogP contribution < -0.4 is 10.6 Å². The molecule has 1 fully saturated rings. The Labute approximate surface area is 132 Å². The van der Waals surface area contributed by atoms with Crippen molar-refractivity contribution in [3.8, 4) is 0 Å². The number of aliphatic imine (C=N–C) groups is 1. The molecule has 1 aromatic heterocycles. The van der Waals surface area contributed by atoms with Crippen LogP contribution in [0.5, 0.6) is 0 Å². The van der Waals surface area contributed by atoms with Gasteiger partial charge in [-0.15, -0.1) is 0 Å². The van der Waals surface area contributed by atoms with Crippen molar-refractivity contribution in [2.45, 2.75) is 13.3 Å². The molecule has 1 saturated heterocycles. The van der Waals surface area contributed by atoms with Crippen molar-refractivity contribution < 1.29 is 14.4 Å². The average molecular weight is 312 g/mol. The molecule has 3 rings (SSSR count). The fourth-order valence-electron chi connectivity index (χ4n) is 2.68. The van der Waals surface area contributed by atoms with Gasteiger partial charge in [-0.2, -0.15) is 0 Å². The van der Waals surface area contributed by atoms with Gasteiger partial charge in [0, 0.05) is 29.4 Å². The summed E-state index contributed by atoms with van der Waals surface area (Å²) in [6.45, 7) is 2.08. The van der Waals surface area contributed by atoms with Gasteiger partial charge >= 0.3 is 6.03 Å². The van der Waals surface area contributed by atoms with Crippen molar-refractivity contribution in [3.05, 3.63) is 36.0 Å². The Hall–Kier alpha value is -2.96. The maximum atomic E-state index is 11.7. The Morgan fingerprint density at radius 3 is 2.57 bits per heavy atom. The molecule has 1 aromatic carbocycles. The SMILES string of the molecule is CC(=NCCc1c[nH]c2ccccc12)C1C(=O)NC(=O)NC1=O. The number of benzene rings is 1. The predicted molar refractivity (Wildman–Crippen MR) is 85.2 cm³/mol. The van der Waals surface area contributed by atoms with Gasteiger partial charge in [0.1, 0.15) is 0 Å². The first-order valence-electron chi connectivity index (χ1n) is 7.28. The third kappa shape index (κ3) is 2.98. The minimum absolute atomic E-state index is 0.396. The van der Waals surface area contributed by atoms with Crippen LogP contribution >= 0.6 is 0 Å². The van der Waals surface area contributed by atoms with Gasteiger partial charge in [0.05, 0.1) is 0 Å². The van der Waals surface area contributed by atoms with Crippen LogP contribution in [-0.4, -0.2) is 35.1 Å². The highest BCUT2D eigenvalue weighted by Crippen LogP contribution is 2.18. The minimum Gasteiger partial charge on any atom is -0.361 e. The Morgan fingerprint density at radius 2 is 1.83 bits per heavy atom. The van der Waals surface area contributed by atoms with Crippen LogP contribution in [0.2, 0.25) is 0 Å². The molecule has 118 valence electrons. The molecule has 0 bridgehead atoms.